The largest absolute Gasteiger partial charge is 0.396 e. The van der Waals surface area contributed by atoms with Crippen molar-refractivity contribution in [3.63, 3.8) is 0 Å². The van der Waals surface area contributed by atoms with Crippen molar-refractivity contribution in [1.29, 1.82) is 0 Å². The van der Waals surface area contributed by atoms with Crippen molar-refractivity contribution < 1.29 is 5.11 Å². The van der Waals surface area contributed by atoms with Crippen LogP contribution in [0.1, 0.15) is 30.5 Å². The van der Waals surface area contributed by atoms with Gasteiger partial charge in [0.05, 0.1) is 6.54 Å². The van der Waals surface area contributed by atoms with Crippen LogP contribution >= 0.6 is 11.3 Å². The number of piperidine rings is 1. The Morgan fingerprint density at radius 2 is 2.19 bits per heavy atom. The Balaban J connectivity index is 1.86. The van der Waals surface area contributed by atoms with E-state index in [0.29, 0.717) is 6.61 Å². The van der Waals surface area contributed by atoms with E-state index in [1.165, 1.54) is 5.01 Å². The van der Waals surface area contributed by atoms with E-state index in [0.717, 1.165) is 38.2 Å². The van der Waals surface area contributed by atoms with Gasteiger partial charge in [-0.1, -0.05) is 6.92 Å². The number of hydrogen-bond acceptors (Lipinski definition) is 4. The number of nitrogens with zero attached hydrogens (tertiary/aromatic N) is 2. The molecule has 1 aromatic rings. The van der Waals surface area contributed by atoms with Gasteiger partial charge in [-0.2, -0.15) is 0 Å². The molecule has 0 bridgehead atoms. The van der Waals surface area contributed by atoms with Gasteiger partial charge in [0.25, 0.3) is 0 Å². The molecule has 0 spiro atoms. The third-order valence-corrected chi connectivity index (χ3v) is 4.42. The number of aliphatic hydroxyl groups is 1. The zero-order valence-corrected chi connectivity index (χ0v) is 10.9. The Hall–Kier alpha value is -0.450. The summed E-state index contributed by atoms with van der Waals surface area (Å²) < 4.78 is 0. The van der Waals surface area contributed by atoms with Crippen molar-refractivity contribution in [2.24, 2.45) is 5.41 Å². The fourth-order valence-corrected chi connectivity index (χ4v) is 2.89. The lowest BCUT2D eigenvalue weighted by atomic mass is 9.81. The van der Waals surface area contributed by atoms with Gasteiger partial charge in [-0.3, -0.25) is 4.90 Å². The molecule has 90 valence electrons. The summed E-state index contributed by atoms with van der Waals surface area (Å²) in [4.78, 5) is 6.93. The Morgan fingerprint density at radius 3 is 2.69 bits per heavy atom. The van der Waals surface area contributed by atoms with Crippen LogP contribution in [0, 0.1) is 12.3 Å². The number of rotatable bonds is 3. The van der Waals surface area contributed by atoms with Crippen molar-refractivity contribution in [3.8, 4) is 0 Å². The van der Waals surface area contributed by atoms with E-state index < -0.39 is 0 Å². The van der Waals surface area contributed by atoms with E-state index >= 15 is 0 Å². The highest BCUT2D eigenvalue weighted by molar-refractivity contribution is 7.09. The molecule has 0 radical (unpaired) electrons. The van der Waals surface area contributed by atoms with Gasteiger partial charge in [-0.25, -0.2) is 4.98 Å². The summed E-state index contributed by atoms with van der Waals surface area (Å²) in [6.45, 7) is 7.67. The van der Waals surface area contributed by atoms with Gasteiger partial charge in [-0.05, 0) is 38.3 Å². The van der Waals surface area contributed by atoms with E-state index in [-0.39, 0.29) is 5.41 Å². The molecule has 4 heteroatoms. The van der Waals surface area contributed by atoms with Crippen LogP contribution in [0.4, 0.5) is 0 Å². The van der Waals surface area contributed by atoms with Crippen LogP contribution in [-0.4, -0.2) is 34.7 Å². The van der Waals surface area contributed by atoms with Gasteiger partial charge < -0.3 is 5.11 Å². The Bertz CT molecular complexity index is 343. The molecule has 0 atom stereocenters. The molecule has 1 fully saturated rings. The number of aromatic nitrogens is 1. The first-order chi connectivity index (χ1) is 7.61. The number of thiazole rings is 1. The Kier molecular flexibility index (Phi) is 3.62. The monoisotopic (exact) mass is 240 g/mol. The normalized spacial score (nSPS) is 21.2. The minimum absolute atomic E-state index is 0.148. The highest BCUT2D eigenvalue weighted by Gasteiger charge is 2.29. The second-order valence-corrected chi connectivity index (χ2v) is 6.07. The number of aryl methyl sites for hydroxylation is 1. The summed E-state index contributed by atoms with van der Waals surface area (Å²) in [5.74, 6) is 0. The van der Waals surface area contributed by atoms with Crippen LogP contribution in [0.25, 0.3) is 0 Å². The van der Waals surface area contributed by atoms with Crippen LogP contribution in [0.3, 0.4) is 0 Å². The lowest BCUT2D eigenvalue weighted by Gasteiger charge is -2.37. The van der Waals surface area contributed by atoms with Gasteiger partial charge in [0.1, 0.15) is 5.01 Å². The lowest BCUT2D eigenvalue weighted by molar-refractivity contribution is 0.0557. The number of aliphatic hydroxyl groups excluding tert-OH is 1. The van der Waals surface area contributed by atoms with E-state index in [2.05, 4.69) is 22.2 Å². The molecule has 0 aliphatic carbocycles. The van der Waals surface area contributed by atoms with Gasteiger partial charge in [0, 0.05) is 17.7 Å². The zero-order valence-electron chi connectivity index (χ0n) is 10.1. The van der Waals surface area contributed by atoms with Crippen LogP contribution in [-0.2, 0) is 6.54 Å². The maximum absolute atomic E-state index is 9.30. The zero-order chi connectivity index (χ0) is 11.6. The maximum atomic E-state index is 9.30. The molecule has 1 aliphatic heterocycles. The van der Waals surface area contributed by atoms with E-state index in [4.69, 9.17) is 0 Å². The standard InChI is InChI=1S/C12H20N2OS/c1-10-8-16-11(13-10)7-14-5-3-12(2,9-15)4-6-14/h8,15H,3-7,9H2,1-2H3. The third-order valence-electron chi connectivity index (χ3n) is 3.47. The van der Waals surface area contributed by atoms with Crippen LogP contribution < -0.4 is 0 Å². The van der Waals surface area contributed by atoms with Crippen LogP contribution in [0.2, 0.25) is 0 Å². The molecule has 1 N–H and O–H groups in total. The fraction of sp³-hybridized carbons (Fsp3) is 0.750. The summed E-state index contributed by atoms with van der Waals surface area (Å²) >= 11 is 1.75. The first-order valence-electron chi connectivity index (χ1n) is 5.85. The Morgan fingerprint density at radius 1 is 1.50 bits per heavy atom. The van der Waals surface area contributed by atoms with Crippen molar-refractivity contribution in [2.45, 2.75) is 33.2 Å². The predicted molar refractivity (Wildman–Crippen MR) is 66.6 cm³/mol. The van der Waals surface area contributed by atoms with Crippen molar-refractivity contribution in [1.82, 2.24) is 9.88 Å². The summed E-state index contributed by atoms with van der Waals surface area (Å²) in [6, 6.07) is 0. The molecule has 1 saturated heterocycles. The average molecular weight is 240 g/mol. The SMILES string of the molecule is Cc1csc(CN2CCC(C)(CO)CC2)n1. The van der Waals surface area contributed by atoms with Gasteiger partial charge in [0.15, 0.2) is 0 Å². The van der Waals surface area contributed by atoms with E-state index in [9.17, 15) is 5.11 Å². The van der Waals surface area contributed by atoms with Gasteiger partial charge >= 0.3 is 0 Å². The van der Waals surface area contributed by atoms with E-state index in [1.54, 1.807) is 11.3 Å². The van der Waals surface area contributed by atoms with Gasteiger partial charge in [0.2, 0.25) is 0 Å². The molecule has 16 heavy (non-hydrogen) atoms. The predicted octanol–water partition coefficient (Wildman–Crippen LogP) is 2.05. The molecule has 0 saturated carbocycles. The molecular formula is C12H20N2OS. The second-order valence-electron chi connectivity index (χ2n) is 5.13. The molecule has 0 amide bonds. The van der Waals surface area contributed by atoms with Gasteiger partial charge in [-0.15, -0.1) is 11.3 Å². The summed E-state index contributed by atoms with van der Waals surface area (Å²) in [7, 11) is 0. The topological polar surface area (TPSA) is 36.4 Å². The molecule has 2 heterocycles. The second kappa shape index (κ2) is 4.82. The number of hydrogen-bond donors (Lipinski definition) is 1. The summed E-state index contributed by atoms with van der Waals surface area (Å²) in [5, 5.41) is 12.6. The lowest BCUT2D eigenvalue weighted by Crippen LogP contribution is -2.39. The highest BCUT2D eigenvalue weighted by Crippen LogP contribution is 2.30. The molecular weight excluding hydrogens is 220 g/mol. The smallest absolute Gasteiger partial charge is 0.107 e. The first-order valence-corrected chi connectivity index (χ1v) is 6.73. The summed E-state index contributed by atoms with van der Waals surface area (Å²) in [5.41, 5.74) is 1.27. The quantitative estimate of drug-likeness (QED) is 0.878. The van der Waals surface area contributed by atoms with Crippen LogP contribution in [0.5, 0.6) is 0 Å². The third kappa shape index (κ3) is 2.81. The average Bonchev–Trinajstić information content (AvgIpc) is 2.68. The molecule has 1 aromatic heterocycles. The Labute approximate surface area is 101 Å². The molecule has 3 nitrogen and oxygen atoms in total. The fourth-order valence-electron chi connectivity index (χ4n) is 2.08. The van der Waals surface area contributed by atoms with E-state index in [1.807, 2.05) is 6.92 Å². The first kappa shape index (κ1) is 12.0. The van der Waals surface area contributed by atoms with Crippen molar-refractivity contribution >= 4 is 11.3 Å². The van der Waals surface area contributed by atoms with Crippen molar-refractivity contribution in [3.05, 3.63) is 16.1 Å². The number of likely N-dealkylation sites (tertiary alicyclic amines) is 1. The summed E-state index contributed by atoms with van der Waals surface area (Å²) in [6.07, 6.45) is 2.18. The minimum atomic E-state index is 0.148. The van der Waals surface area contributed by atoms with Crippen molar-refractivity contribution in [2.75, 3.05) is 19.7 Å². The highest BCUT2D eigenvalue weighted by atomic mass is 32.1. The molecule has 2 rings (SSSR count). The molecule has 0 unspecified atom stereocenters. The molecule has 0 aromatic carbocycles. The minimum Gasteiger partial charge on any atom is -0.396 e. The van der Waals surface area contributed by atoms with Crippen LogP contribution in [0.15, 0.2) is 5.38 Å². The maximum Gasteiger partial charge on any atom is 0.107 e. The molecule has 1 aliphatic rings.